The van der Waals surface area contributed by atoms with Crippen molar-refractivity contribution in [1.82, 2.24) is 9.78 Å². The first kappa shape index (κ1) is 21.9. The van der Waals surface area contributed by atoms with Gasteiger partial charge in [-0.25, -0.2) is 4.68 Å². The molecule has 168 valence electrons. The Balaban J connectivity index is 1.70. The van der Waals surface area contributed by atoms with Crippen molar-refractivity contribution in [3.63, 3.8) is 0 Å². The molecule has 1 saturated carbocycles. The van der Waals surface area contributed by atoms with Crippen LogP contribution in [0.2, 0.25) is 0 Å². The van der Waals surface area contributed by atoms with Crippen LogP contribution in [0.1, 0.15) is 31.2 Å². The SMILES string of the molecule is CCc1cc(C2C(C)C2C(=O)OC)nn1-c1cccc(-c2ccccc2OC(F)(F)F)c1. The zero-order chi connectivity index (χ0) is 23.0. The lowest BCUT2D eigenvalue weighted by Gasteiger charge is -2.14. The summed E-state index contributed by atoms with van der Waals surface area (Å²) in [6.45, 7) is 4.00. The average Bonchev–Trinajstić information content (AvgIpc) is 3.25. The maximum Gasteiger partial charge on any atom is 0.573 e. The molecule has 0 bridgehead atoms. The predicted octanol–water partition coefficient (Wildman–Crippen LogP) is 5.52. The van der Waals surface area contributed by atoms with Crippen molar-refractivity contribution in [3.05, 3.63) is 66.0 Å². The second-order valence-corrected chi connectivity index (χ2v) is 7.85. The number of rotatable bonds is 6. The van der Waals surface area contributed by atoms with Gasteiger partial charge in [0.2, 0.25) is 0 Å². The van der Waals surface area contributed by atoms with Crippen molar-refractivity contribution in [1.29, 1.82) is 0 Å². The monoisotopic (exact) mass is 444 g/mol. The minimum atomic E-state index is -4.78. The van der Waals surface area contributed by atoms with Gasteiger partial charge in [-0.05, 0) is 42.2 Å². The van der Waals surface area contributed by atoms with Crippen LogP contribution in [0.15, 0.2) is 54.6 Å². The van der Waals surface area contributed by atoms with Gasteiger partial charge in [-0.15, -0.1) is 13.2 Å². The van der Waals surface area contributed by atoms with E-state index >= 15 is 0 Å². The summed E-state index contributed by atoms with van der Waals surface area (Å²) in [4.78, 5) is 12.0. The van der Waals surface area contributed by atoms with E-state index in [1.807, 2.05) is 26.0 Å². The zero-order valence-corrected chi connectivity index (χ0v) is 17.9. The largest absolute Gasteiger partial charge is 0.573 e. The molecule has 4 rings (SSSR count). The highest BCUT2D eigenvalue weighted by Gasteiger charge is 2.54. The molecular weight excluding hydrogens is 421 g/mol. The fraction of sp³-hybridized carbons (Fsp3) is 0.333. The highest BCUT2D eigenvalue weighted by Crippen LogP contribution is 2.54. The molecule has 32 heavy (non-hydrogen) atoms. The Morgan fingerprint density at radius 2 is 1.88 bits per heavy atom. The standard InChI is InChI=1S/C24H23F3N2O3/c1-4-16-13-19(21-14(2)22(21)23(30)31-3)28-29(16)17-9-7-8-15(12-17)18-10-5-6-11-20(18)32-24(25,26)27/h5-14,21-22H,4H2,1-3H3. The summed E-state index contributed by atoms with van der Waals surface area (Å²) in [5, 5.41) is 4.74. The second-order valence-electron chi connectivity index (χ2n) is 7.85. The van der Waals surface area contributed by atoms with Crippen LogP contribution in [-0.2, 0) is 16.0 Å². The van der Waals surface area contributed by atoms with Gasteiger partial charge in [0.25, 0.3) is 0 Å². The van der Waals surface area contributed by atoms with Crippen LogP contribution in [0.25, 0.3) is 16.8 Å². The number of hydrogen-bond acceptors (Lipinski definition) is 4. The minimum absolute atomic E-state index is 0.00176. The van der Waals surface area contributed by atoms with Gasteiger partial charge in [0, 0.05) is 17.2 Å². The van der Waals surface area contributed by atoms with E-state index in [0.717, 1.165) is 17.1 Å². The molecule has 5 nitrogen and oxygen atoms in total. The topological polar surface area (TPSA) is 53.3 Å². The van der Waals surface area contributed by atoms with Gasteiger partial charge in [0.1, 0.15) is 5.75 Å². The van der Waals surface area contributed by atoms with E-state index in [4.69, 9.17) is 9.84 Å². The van der Waals surface area contributed by atoms with E-state index in [0.29, 0.717) is 17.5 Å². The van der Waals surface area contributed by atoms with E-state index < -0.39 is 6.36 Å². The minimum Gasteiger partial charge on any atom is -0.469 e. The normalized spacial score (nSPS) is 20.1. The van der Waals surface area contributed by atoms with Crippen LogP contribution in [0.4, 0.5) is 13.2 Å². The first-order valence-corrected chi connectivity index (χ1v) is 10.4. The maximum atomic E-state index is 12.8. The summed E-state index contributed by atoms with van der Waals surface area (Å²) >= 11 is 0. The summed E-state index contributed by atoms with van der Waals surface area (Å²) in [6, 6.07) is 15.2. The Bertz CT molecular complexity index is 1140. The van der Waals surface area contributed by atoms with Gasteiger partial charge in [0.15, 0.2) is 0 Å². The number of methoxy groups -OCH3 is 1. The molecule has 3 aromatic rings. The van der Waals surface area contributed by atoms with Crippen LogP contribution >= 0.6 is 0 Å². The number of halogens is 3. The highest BCUT2D eigenvalue weighted by atomic mass is 19.4. The van der Waals surface area contributed by atoms with Gasteiger partial charge in [-0.1, -0.05) is 44.2 Å². The van der Waals surface area contributed by atoms with Gasteiger partial charge in [0.05, 0.1) is 24.4 Å². The highest BCUT2D eigenvalue weighted by molar-refractivity contribution is 5.78. The number of carbonyl (C=O) groups is 1. The Kier molecular flexibility index (Phi) is 5.71. The smallest absolute Gasteiger partial charge is 0.469 e. The fourth-order valence-electron chi connectivity index (χ4n) is 4.22. The quantitative estimate of drug-likeness (QED) is 0.470. The third-order valence-electron chi connectivity index (χ3n) is 5.87. The third kappa shape index (κ3) is 4.22. The van der Waals surface area contributed by atoms with Crippen molar-refractivity contribution >= 4 is 5.97 Å². The lowest BCUT2D eigenvalue weighted by atomic mass is 10.0. The molecular formula is C24H23F3N2O3. The fourth-order valence-corrected chi connectivity index (χ4v) is 4.22. The molecule has 1 aliphatic rings. The summed E-state index contributed by atoms with van der Waals surface area (Å²) in [6.07, 6.45) is -4.08. The van der Waals surface area contributed by atoms with Crippen LogP contribution < -0.4 is 4.74 Å². The summed E-state index contributed by atoms with van der Waals surface area (Å²) in [7, 11) is 1.38. The molecule has 8 heteroatoms. The molecule has 2 aromatic carbocycles. The van der Waals surface area contributed by atoms with Gasteiger partial charge in [-0.2, -0.15) is 5.10 Å². The first-order chi connectivity index (χ1) is 15.2. The van der Waals surface area contributed by atoms with Crippen LogP contribution in [0, 0.1) is 11.8 Å². The number of aromatic nitrogens is 2. The molecule has 3 unspecified atom stereocenters. The number of alkyl halides is 3. The van der Waals surface area contributed by atoms with Gasteiger partial charge >= 0.3 is 12.3 Å². The Morgan fingerprint density at radius 3 is 2.56 bits per heavy atom. The van der Waals surface area contributed by atoms with Crippen LogP contribution in [0.5, 0.6) is 5.75 Å². The van der Waals surface area contributed by atoms with Crippen molar-refractivity contribution in [2.24, 2.45) is 11.8 Å². The molecule has 0 saturated heterocycles. The number of esters is 1. The van der Waals surface area contributed by atoms with Crippen molar-refractivity contribution in [2.75, 3.05) is 7.11 Å². The Hall–Kier alpha value is -3.29. The van der Waals surface area contributed by atoms with Crippen molar-refractivity contribution in [2.45, 2.75) is 32.5 Å². The first-order valence-electron chi connectivity index (χ1n) is 10.4. The number of aryl methyl sites for hydroxylation is 1. The van der Waals surface area contributed by atoms with E-state index in [1.165, 1.54) is 19.2 Å². The van der Waals surface area contributed by atoms with E-state index in [2.05, 4.69) is 4.74 Å². The summed E-state index contributed by atoms with van der Waals surface area (Å²) < 4.78 is 49.4. The zero-order valence-electron chi connectivity index (χ0n) is 17.9. The number of para-hydroxylation sites is 1. The average molecular weight is 444 g/mol. The van der Waals surface area contributed by atoms with Crippen molar-refractivity contribution < 1.29 is 27.4 Å². The van der Waals surface area contributed by atoms with E-state index in [-0.39, 0.29) is 29.5 Å². The van der Waals surface area contributed by atoms with Crippen LogP contribution in [0.3, 0.4) is 0 Å². The molecule has 0 amide bonds. The lowest BCUT2D eigenvalue weighted by Crippen LogP contribution is -2.17. The Morgan fingerprint density at radius 1 is 1.12 bits per heavy atom. The molecule has 0 aliphatic heterocycles. The summed E-state index contributed by atoms with van der Waals surface area (Å²) in [5.41, 5.74) is 3.39. The van der Waals surface area contributed by atoms with Crippen LogP contribution in [-0.4, -0.2) is 29.2 Å². The van der Waals surface area contributed by atoms with Gasteiger partial charge in [-0.3, -0.25) is 4.79 Å². The number of nitrogens with zero attached hydrogens (tertiary/aromatic N) is 2. The molecule has 3 atom stereocenters. The molecule has 1 aliphatic carbocycles. The third-order valence-corrected chi connectivity index (χ3v) is 5.87. The molecule has 0 N–H and O–H groups in total. The molecule has 0 radical (unpaired) electrons. The summed E-state index contributed by atoms with van der Waals surface area (Å²) in [5.74, 6) is -0.558. The Labute approximate surface area is 183 Å². The molecule has 1 fully saturated rings. The van der Waals surface area contributed by atoms with E-state index in [1.54, 1.807) is 35.0 Å². The number of hydrogen-bond donors (Lipinski definition) is 0. The lowest BCUT2D eigenvalue weighted by molar-refractivity contribution is -0.274. The molecule has 0 spiro atoms. The number of carbonyl (C=O) groups excluding carboxylic acids is 1. The molecule has 1 aromatic heterocycles. The second kappa shape index (κ2) is 8.33. The molecule has 1 heterocycles. The van der Waals surface area contributed by atoms with Gasteiger partial charge < -0.3 is 9.47 Å². The maximum absolute atomic E-state index is 12.8. The van der Waals surface area contributed by atoms with E-state index in [9.17, 15) is 18.0 Å². The number of benzene rings is 2. The van der Waals surface area contributed by atoms with Crippen molar-refractivity contribution in [3.8, 4) is 22.6 Å². The number of ether oxygens (including phenoxy) is 2. The predicted molar refractivity (Wildman–Crippen MR) is 112 cm³/mol.